The Balaban J connectivity index is 1.10. The Morgan fingerprint density at radius 1 is 0.333 bits per heavy atom. The molecule has 2 heteroatoms. The van der Waals surface area contributed by atoms with Crippen LogP contribution in [0, 0.1) is 0 Å². The Hall–Kier alpha value is -7.16. The number of anilines is 3. The van der Waals surface area contributed by atoms with Crippen LogP contribution in [0.5, 0.6) is 0 Å². The monoisotopic (exact) mass is 688 g/mol. The lowest BCUT2D eigenvalue weighted by Crippen LogP contribution is -2.09. The molecule has 2 aromatic heterocycles. The van der Waals surface area contributed by atoms with Gasteiger partial charge in [0.2, 0.25) is 0 Å². The molecular formula is C52H36N2. The van der Waals surface area contributed by atoms with Gasteiger partial charge >= 0.3 is 0 Å². The van der Waals surface area contributed by atoms with E-state index in [4.69, 9.17) is 0 Å². The Kier molecular flexibility index (Phi) is 7.85. The topological polar surface area (TPSA) is 7.65 Å². The van der Waals surface area contributed by atoms with E-state index in [1.807, 2.05) is 0 Å². The number of pyridine rings is 1. The van der Waals surface area contributed by atoms with Crippen molar-refractivity contribution in [1.82, 2.24) is 4.40 Å². The second-order valence-corrected chi connectivity index (χ2v) is 13.8. The molecule has 0 unspecified atom stereocenters. The van der Waals surface area contributed by atoms with E-state index in [9.17, 15) is 0 Å². The fourth-order valence-electron chi connectivity index (χ4n) is 7.95. The Morgan fingerprint density at radius 3 is 1.31 bits per heavy atom. The van der Waals surface area contributed by atoms with Crippen LogP contribution in [-0.4, -0.2) is 4.40 Å². The maximum absolute atomic E-state index is 2.40. The molecule has 0 amide bonds. The molecule has 0 radical (unpaired) electrons. The lowest BCUT2D eigenvalue weighted by molar-refractivity contribution is 1.27. The first-order valence-corrected chi connectivity index (χ1v) is 18.5. The summed E-state index contributed by atoms with van der Waals surface area (Å²) in [6, 6.07) is 76.5. The fourth-order valence-corrected chi connectivity index (χ4v) is 7.95. The quantitative estimate of drug-likeness (QED) is 0.162. The number of rotatable bonds is 7. The lowest BCUT2D eigenvalue weighted by Gasteiger charge is -2.26. The zero-order valence-corrected chi connectivity index (χ0v) is 29.7. The molecule has 0 spiro atoms. The van der Waals surface area contributed by atoms with Gasteiger partial charge in [0.1, 0.15) is 0 Å². The van der Waals surface area contributed by atoms with Crippen molar-refractivity contribution in [3.8, 4) is 44.5 Å². The third kappa shape index (κ3) is 5.62. The molecule has 0 saturated carbocycles. The van der Waals surface area contributed by atoms with E-state index in [0.29, 0.717) is 0 Å². The van der Waals surface area contributed by atoms with E-state index in [2.05, 4.69) is 228 Å². The molecule has 0 atom stereocenters. The summed E-state index contributed by atoms with van der Waals surface area (Å²) in [7, 11) is 0. The summed E-state index contributed by atoms with van der Waals surface area (Å²) < 4.78 is 2.40. The van der Waals surface area contributed by atoms with Crippen LogP contribution in [0.2, 0.25) is 0 Å². The van der Waals surface area contributed by atoms with Gasteiger partial charge in [0.15, 0.2) is 0 Å². The van der Waals surface area contributed by atoms with E-state index in [1.54, 1.807) is 0 Å². The van der Waals surface area contributed by atoms with Crippen molar-refractivity contribution in [3.05, 3.63) is 219 Å². The van der Waals surface area contributed by atoms with Crippen molar-refractivity contribution in [2.45, 2.75) is 0 Å². The molecule has 0 fully saturated rings. The van der Waals surface area contributed by atoms with Crippen LogP contribution in [0.4, 0.5) is 17.1 Å². The first kappa shape index (κ1) is 31.6. The highest BCUT2D eigenvalue weighted by atomic mass is 15.1. The van der Waals surface area contributed by atoms with Gasteiger partial charge < -0.3 is 9.30 Å². The third-order valence-corrected chi connectivity index (χ3v) is 10.6. The summed E-state index contributed by atoms with van der Waals surface area (Å²) in [4.78, 5) is 2.35. The Bertz CT molecular complexity index is 2790. The van der Waals surface area contributed by atoms with Gasteiger partial charge in [-0.2, -0.15) is 0 Å². The average molecular weight is 689 g/mol. The minimum absolute atomic E-state index is 1.10. The maximum atomic E-state index is 2.40. The molecule has 2 heterocycles. The second kappa shape index (κ2) is 13.4. The first-order chi connectivity index (χ1) is 26.8. The molecule has 10 rings (SSSR count). The van der Waals surface area contributed by atoms with Gasteiger partial charge in [-0.15, -0.1) is 0 Å². The van der Waals surface area contributed by atoms with E-state index in [0.717, 1.165) is 17.1 Å². The highest BCUT2D eigenvalue weighted by molar-refractivity contribution is 6.12. The van der Waals surface area contributed by atoms with Gasteiger partial charge in [-0.05, 0) is 86.6 Å². The maximum Gasteiger partial charge on any atom is 0.0613 e. The molecule has 0 aliphatic carbocycles. The van der Waals surface area contributed by atoms with Crippen molar-refractivity contribution in [2.24, 2.45) is 0 Å². The van der Waals surface area contributed by atoms with Gasteiger partial charge in [0.25, 0.3) is 0 Å². The molecule has 0 N–H and O–H groups in total. The molecule has 0 aliphatic heterocycles. The van der Waals surface area contributed by atoms with Crippen LogP contribution < -0.4 is 4.90 Å². The van der Waals surface area contributed by atoms with Crippen LogP contribution in [0.3, 0.4) is 0 Å². The average Bonchev–Trinajstić information content (AvgIpc) is 3.58. The van der Waals surface area contributed by atoms with Gasteiger partial charge in [-0.3, -0.25) is 0 Å². The minimum atomic E-state index is 1.10. The van der Waals surface area contributed by atoms with Crippen molar-refractivity contribution in [1.29, 1.82) is 0 Å². The summed E-state index contributed by atoms with van der Waals surface area (Å²) in [5.74, 6) is 0. The van der Waals surface area contributed by atoms with E-state index < -0.39 is 0 Å². The van der Waals surface area contributed by atoms with Gasteiger partial charge in [0, 0.05) is 39.8 Å². The number of hydrogen-bond acceptors (Lipinski definition) is 1. The van der Waals surface area contributed by atoms with Crippen molar-refractivity contribution < 1.29 is 0 Å². The van der Waals surface area contributed by atoms with Crippen LogP contribution in [-0.2, 0) is 0 Å². The third-order valence-electron chi connectivity index (χ3n) is 10.6. The van der Waals surface area contributed by atoms with Gasteiger partial charge in [-0.25, -0.2) is 0 Å². The molecule has 54 heavy (non-hydrogen) atoms. The summed E-state index contributed by atoms with van der Waals surface area (Å²) in [6.45, 7) is 0. The summed E-state index contributed by atoms with van der Waals surface area (Å²) >= 11 is 0. The summed E-state index contributed by atoms with van der Waals surface area (Å²) in [5, 5.41) is 3.71. The number of aromatic nitrogens is 1. The fraction of sp³-hybridized carbons (Fsp3) is 0. The predicted octanol–water partition coefficient (Wildman–Crippen LogP) is 14.4. The molecular weight excluding hydrogens is 653 g/mol. The van der Waals surface area contributed by atoms with E-state index in [-0.39, 0.29) is 0 Å². The molecule has 254 valence electrons. The van der Waals surface area contributed by atoms with Crippen LogP contribution in [0.1, 0.15) is 0 Å². The Morgan fingerprint density at radius 2 is 0.778 bits per heavy atom. The zero-order valence-electron chi connectivity index (χ0n) is 29.7. The second-order valence-electron chi connectivity index (χ2n) is 13.8. The van der Waals surface area contributed by atoms with E-state index >= 15 is 0 Å². The van der Waals surface area contributed by atoms with Crippen molar-refractivity contribution in [2.75, 3.05) is 4.90 Å². The SMILES string of the molecule is c1ccc(-c2ccc(N(c3ccc(-c4ccccc4)cc3)c3ccc(-c4cccc5c(-c6ccccc6)c6cc7ccccc7cn6c45)cc3)cc2)cc1. The van der Waals surface area contributed by atoms with Gasteiger partial charge in [-0.1, -0.05) is 170 Å². The normalized spacial score (nSPS) is 11.3. The minimum Gasteiger partial charge on any atom is -0.315 e. The molecule has 10 aromatic rings. The summed E-state index contributed by atoms with van der Waals surface area (Å²) in [6.07, 6.45) is 2.30. The molecule has 0 aliphatic rings. The highest BCUT2D eigenvalue weighted by Crippen LogP contribution is 2.42. The molecule has 0 saturated heterocycles. The van der Waals surface area contributed by atoms with Crippen molar-refractivity contribution >= 4 is 44.3 Å². The lowest BCUT2D eigenvalue weighted by atomic mass is 9.98. The molecule has 0 bridgehead atoms. The first-order valence-electron chi connectivity index (χ1n) is 18.5. The zero-order chi connectivity index (χ0) is 35.8. The highest BCUT2D eigenvalue weighted by Gasteiger charge is 2.19. The largest absolute Gasteiger partial charge is 0.315 e. The van der Waals surface area contributed by atoms with Crippen molar-refractivity contribution in [3.63, 3.8) is 0 Å². The number of para-hydroxylation sites is 1. The number of benzene rings is 8. The molecule has 8 aromatic carbocycles. The smallest absolute Gasteiger partial charge is 0.0613 e. The summed E-state index contributed by atoms with van der Waals surface area (Å²) in [5.41, 5.74) is 15.4. The van der Waals surface area contributed by atoms with Crippen LogP contribution in [0.25, 0.3) is 71.7 Å². The van der Waals surface area contributed by atoms with E-state index in [1.165, 1.54) is 71.7 Å². The van der Waals surface area contributed by atoms with Gasteiger partial charge in [0.05, 0.1) is 11.0 Å². The Labute approximate surface area is 315 Å². The number of nitrogens with zero attached hydrogens (tertiary/aromatic N) is 2. The number of fused-ring (bicyclic) bond motifs is 4. The predicted molar refractivity (Wildman–Crippen MR) is 229 cm³/mol. The standard InChI is InChI=1S/C52H36N2/c1-4-13-37(14-5-1)39-23-29-45(30-24-39)54(46-31-25-40(26-32-46)38-15-6-2-7-16-38)47-33-27-41(28-34-47)48-21-12-22-49-51(42-17-8-3-9-18-42)50-35-43-19-10-11-20-44(43)36-53(50)52(48)49/h1-36H. The molecule has 2 nitrogen and oxygen atoms in total. The van der Waals surface area contributed by atoms with Crippen LogP contribution in [0.15, 0.2) is 219 Å². The van der Waals surface area contributed by atoms with Crippen LogP contribution >= 0.6 is 0 Å². The number of hydrogen-bond donors (Lipinski definition) is 0.